The Morgan fingerprint density at radius 3 is 2.83 bits per heavy atom. The number of carbonyl (C=O) groups is 1. The van der Waals surface area contributed by atoms with Gasteiger partial charge in [0.25, 0.3) is 0 Å². The summed E-state index contributed by atoms with van der Waals surface area (Å²) in [5.74, 6) is 1.97. The lowest BCUT2D eigenvalue weighted by Crippen LogP contribution is -2.22. The van der Waals surface area contributed by atoms with Crippen LogP contribution in [0.5, 0.6) is 11.5 Å². The number of thiazole rings is 1. The second kappa shape index (κ2) is 6.68. The van der Waals surface area contributed by atoms with Crippen molar-refractivity contribution in [1.82, 2.24) is 4.98 Å². The number of methoxy groups -OCH3 is 1. The molecular formula is C17H21N3O3S. The van der Waals surface area contributed by atoms with Crippen molar-refractivity contribution in [3.8, 4) is 11.5 Å². The number of amides is 1. The fourth-order valence-electron chi connectivity index (χ4n) is 2.75. The van der Waals surface area contributed by atoms with Crippen LogP contribution in [-0.4, -0.2) is 31.2 Å². The van der Waals surface area contributed by atoms with Gasteiger partial charge in [0.15, 0.2) is 16.6 Å². The van der Waals surface area contributed by atoms with E-state index in [-0.39, 0.29) is 17.9 Å². The minimum atomic E-state index is -0.0321. The lowest BCUT2D eigenvalue weighted by Gasteiger charge is -2.23. The third kappa shape index (κ3) is 3.17. The summed E-state index contributed by atoms with van der Waals surface area (Å²) in [7, 11) is 3.44. The number of aromatic nitrogens is 1. The maximum absolute atomic E-state index is 12.1. The van der Waals surface area contributed by atoms with Crippen LogP contribution < -0.4 is 20.1 Å². The van der Waals surface area contributed by atoms with E-state index in [1.165, 1.54) is 0 Å². The van der Waals surface area contributed by atoms with Gasteiger partial charge in [0.2, 0.25) is 5.91 Å². The molecule has 6 nitrogen and oxygen atoms in total. The summed E-state index contributed by atoms with van der Waals surface area (Å²) in [5, 5.41) is 6.67. The molecule has 7 heteroatoms. The maximum atomic E-state index is 12.1. The minimum absolute atomic E-state index is 0.0260. The van der Waals surface area contributed by atoms with Crippen molar-refractivity contribution in [3.05, 3.63) is 28.6 Å². The predicted octanol–water partition coefficient (Wildman–Crippen LogP) is 3.45. The molecule has 1 aromatic carbocycles. The smallest absolute Gasteiger partial charge is 0.226 e. The van der Waals surface area contributed by atoms with E-state index in [0.717, 1.165) is 15.6 Å². The van der Waals surface area contributed by atoms with Crippen LogP contribution in [0, 0.1) is 0 Å². The number of nitrogens with zero attached hydrogens (tertiary/aromatic N) is 1. The second-order valence-electron chi connectivity index (χ2n) is 5.86. The summed E-state index contributed by atoms with van der Waals surface area (Å²) in [5.41, 5.74) is 1.02. The van der Waals surface area contributed by atoms with Crippen molar-refractivity contribution in [3.63, 3.8) is 0 Å². The zero-order valence-corrected chi connectivity index (χ0v) is 15.0. The van der Waals surface area contributed by atoms with E-state index in [1.54, 1.807) is 18.4 Å². The first-order valence-corrected chi connectivity index (χ1v) is 8.66. The third-order valence-corrected chi connectivity index (χ3v) is 4.97. The summed E-state index contributed by atoms with van der Waals surface area (Å²) < 4.78 is 11.2. The number of hydrogen-bond donors (Lipinski definition) is 2. The van der Waals surface area contributed by atoms with Gasteiger partial charge >= 0.3 is 0 Å². The van der Waals surface area contributed by atoms with Crippen LogP contribution in [0.3, 0.4) is 0 Å². The second-order valence-corrected chi connectivity index (χ2v) is 6.89. The van der Waals surface area contributed by atoms with Crippen molar-refractivity contribution < 1.29 is 14.3 Å². The molecule has 0 aliphatic carbocycles. The zero-order valence-electron chi connectivity index (χ0n) is 14.2. The van der Waals surface area contributed by atoms with Crippen LogP contribution in [-0.2, 0) is 4.79 Å². The Morgan fingerprint density at radius 1 is 1.38 bits per heavy atom. The number of hydrogen-bond acceptors (Lipinski definition) is 6. The first kappa shape index (κ1) is 16.6. The van der Waals surface area contributed by atoms with Gasteiger partial charge in [-0.15, -0.1) is 0 Å². The Bertz CT molecular complexity index is 758. The molecule has 1 atom stereocenters. The molecule has 0 fully saturated rings. The van der Waals surface area contributed by atoms with Gasteiger partial charge in [-0.2, -0.15) is 0 Å². The van der Waals surface area contributed by atoms with Crippen molar-refractivity contribution in [1.29, 1.82) is 0 Å². The molecule has 0 spiro atoms. The molecule has 1 aromatic heterocycles. The minimum Gasteiger partial charge on any atom is -0.493 e. The Morgan fingerprint density at radius 2 is 2.17 bits per heavy atom. The van der Waals surface area contributed by atoms with E-state index in [0.29, 0.717) is 23.7 Å². The first-order chi connectivity index (χ1) is 11.5. The summed E-state index contributed by atoms with van der Waals surface area (Å²) >= 11 is 1.56. The Kier molecular flexibility index (Phi) is 4.62. The van der Waals surface area contributed by atoms with Crippen LogP contribution >= 0.6 is 11.3 Å². The number of carbonyl (C=O) groups excluding carboxylic acids is 1. The van der Waals surface area contributed by atoms with E-state index < -0.39 is 0 Å². The Labute approximate surface area is 145 Å². The van der Waals surface area contributed by atoms with Crippen molar-refractivity contribution in [2.45, 2.75) is 32.3 Å². The van der Waals surface area contributed by atoms with Crippen molar-refractivity contribution in [2.75, 3.05) is 24.8 Å². The molecule has 0 radical (unpaired) electrons. The molecule has 3 rings (SSSR count). The van der Waals surface area contributed by atoms with Gasteiger partial charge in [-0.25, -0.2) is 4.98 Å². The maximum Gasteiger partial charge on any atom is 0.226 e. The van der Waals surface area contributed by atoms with Crippen LogP contribution in [0.4, 0.5) is 10.9 Å². The number of fused-ring (bicyclic) bond motifs is 1. The van der Waals surface area contributed by atoms with Gasteiger partial charge in [0.05, 0.1) is 18.1 Å². The Balaban J connectivity index is 1.99. The third-order valence-electron chi connectivity index (χ3n) is 3.78. The number of nitrogens with one attached hydrogen (secondary N) is 2. The lowest BCUT2D eigenvalue weighted by atomic mass is 9.91. The van der Waals surface area contributed by atoms with Gasteiger partial charge in [-0.3, -0.25) is 4.79 Å². The highest BCUT2D eigenvalue weighted by Crippen LogP contribution is 2.43. The largest absolute Gasteiger partial charge is 0.493 e. The number of rotatable bonds is 5. The van der Waals surface area contributed by atoms with Gasteiger partial charge in [-0.1, -0.05) is 17.4 Å². The lowest BCUT2D eigenvalue weighted by molar-refractivity contribution is -0.116. The topological polar surface area (TPSA) is 72.5 Å². The van der Waals surface area contributed by atoms with Crippen LogP contribution in [0.2, 0.25) is 0 Å². The summed E-state index contributed by atoms with van der Waals surface area (Å²) in [6.07, 6.45) is 0.461. The SMILES string of the molecule is CNc1nc2c(s1)[C@@H](c1ccc(OC(C)C)c(OC)c1)CC(=O)N2. The van der Waals surface area contributed by atoms with E-state index in [1.807, 2.05) is 39.1 Å². The van der Waals surface area contributed by atoms with E-state index in [2.05, 4.69) is 15.6 Å². The zero-order chi connectivity index (χ0) is 17.3. The first-order valence-electron chi connectivity index (χ1n) is 7.84. The fraction of sp³-hybridized carbons (Fsp3) is 0.412. The van der Waals surface area contributed by atoms with Crippen molar-refractivity contribution >= 4 is 28.2 Å². The molecule has 24 heavy (non-hydrogen) atoms. The monoisotopic (exact) mass is 347 g/mol. The molecule has 2 aromatic rings. The van der Waals surface area contributed by atoms with Crippen LogP contribution in [0.1, 0.15) is 36.6 Å². The number of ether oxygens (including phenoxy) is 2. The molecule has 1 aliphatic rings. The fourth-order valence-corrected chi connectivity index (χ4v) is 3.75. The summed E-state index contributed by atoms with van der Waals surface area (Å²) in [6.45, 7) is 3.95. The van der Waals surface area contributed by atoms with Gasteiger partial charge in [-0.05, 0) is 31.5 Å². The predicted molar refractivity (Wildman–Crippen MR) is 95.5 cm³/mol. The van der Waals surface area contributed by atoms with Gasteiger partial charge < -0.3 is 20.1 Å². The molecule has 128 valence electrons. The number of benzene rings is 1. The van der Waals surface area contributed by atoms with Gasteiger partial charge in [0.1, 0.15) is 5.82 Å². The molecule has 0 saturated heterocycles. The molecule has 1 aliphatic heterocycles. The van der Waals surface area contributed by atoms with Crippen LogP contribution in [0.15, 0.2) is 18.2 Å². The molecule has 0 bridgehead atoms. The molecule has 0 unspecified atom stereocenters. The normalized spacial score (nSPS) is 16.5. The summed E-state index contributed by atoms with van der Waals surface area (Å²) in [6, 6.07) is 5.84. The standard InChI is InChI=1S/C17H21N3O3S/c1-9(2)23-12-6-5-10(7-13(12)22-4)11-8-14(21)19-16-15(11)24-17(18-3)20-16/h5-7,9,11H,8H2,1-4H3,(H,18,20)(H,19,21)/t11-/m1/s1. The van der Waals surface area contributed by atoms with E-state index >= 15 is 0 Å². The highest BCUT2D eigenvalue weighted by molar-refractivity contribution is 7.16. The Hall–Kier alpha value is -2.28. The van der Waals surface area contributed by atoms with Gasteiger partial charge in [0, 0.05) is 19.4 Å². The highest BCUT2D eigenvalue weighted by Gasteiger charge is 2.30. The van der Waals surface area contributed by atoms with E-state index in [4.69, 9.17) is 9.47 Å². The molecule has 0 saturated carbocycles. The molecule has 2 N–H and O–H groups in total. The summed E-state index contributed by atoms with van der Waals surface area (Å²) in [4.78, 5) is 17.5. The van der Waals surface area contributed by atoms with Crippen molar-refractivity contribution in [2.24, 2.45) is 0 Å². The average molecular weight is 347 g/mol. The molecule has 1 amide bonds. The highest BCUT2D eigenvalue weighted by atomic mass is 32.1. The van der Waals surface area contributed by atoms with E-state index in [9.17, 15) is 4.79 Å². The molecular weight excluding hydrogens is 326 g/mol. The van der Waals surface area contributed by atoms with Crippen LogP contribution in [0.25, 0.3) is 0 Å². The average Bonchev–Trinajstić information content (AvgIpc) is 2.97. The molecule has 2 heterocycles. The number of anilines is 2. The quantitative estimate of drug-likeness (QED) is 0.867.